The van der Waals surface area contributed by atoms with Crippen molar-refractivity contribution in [1.29, 1.82) is 0 Å². The summed E-state index contributed by atoms with van der Waals surface area (Å²) in [5, 5.41) is 0. The second kappa shape index (κ2) is 3.36. The van der Waals surface area contributed by atoms with E-state index in [9.17, 15) is 9.18 Å². The number of rotatable bonds is 3. The van der Waals surface area contributed by atoms with Crippen molar-refractivity contribution >= 4 is 6.16 Å². The molecular formula is C5H7FO4. The normalized spacial score (nSPS) is 24.1. The molecule has 0 N–H and O–H groups in total. The van der Waals surface area contributed by atoms with Crippen LogP contribution in [0.4, 0.5) is 9.18 Å². The van der Waals surface area contributed by atoms with Gasteiger partial charge in [-0.3, -0.25) is 0 Å². The van der Waals surface area contributed by atoms with Crippen LogP contribution in [0.5, 0.6) is 0 Å². The lowest BCUT2D eigenvalue weighted by Gasteiger charge is -2.04. The number of carbonyl (C=O) groups is 1. The Morgan fingerprint density at radius 1 is 1.80 bits per heavy atom. The van der Waals surface area contributed by atoms with Crippen molar-refractivity contribution in [1.82, 2.24) is 0 Å². The highest BCUT2D eigenvalue weighted by Gasteiger charge is 2.24. The second-order valence-corrected chi connectivity index (χ2v) is 1.67. The van der Waals surface area contributed by atoms with Gasteiger partial charge >= 0.3 is 6.16 Å². The molecule has 58 valence electrons. The van der Waals surface area contributed by atoms with E-state index in [1.54, 1.807) is 0 Å². The Labute approximate surface area is 56.9 Å². The van der Waals surface area contributed by atoms with E-state index in [4.69, 9.17) is 0 Å². The van der Waals surface area contributed by atoms with Gasteiger partial charge in [-0.1, -0.05) is 0 Å². The molecule has 0 bridgehead atoms. The molecule has 0 aromatic rings. The molecule has 10 heavy (non-hydrogen) atoms. The Kier molecular flexibility index (Phi) is 2.44. The van der Waals surface area contributed by atoms with E-state index in [1.807, 2.05) is 0 Å². The van der Waals surface area contributed by atoms with E-state index in [0.29, 0.717) is 0 Å². The summed E-state index contributed by atoms with van der Waals surface area (Å²) >= 11 is 0. The predicted molar refractivity (Wildman–Crippen MR) is 28.1 cm³/mol. The molecule has 1 aliphatic rings. The van der Waals surface area contributed by atoms with Gasteiger partial charge in [0.15, 0.2) is 6.61 Å². The molecule has 1 heterocycles. The zero-order chi connectivity index (χ0) is 7.40. The fourth-order valence-electron chi connectivity index (χ4n) is 0.570. The zero-order valence-electron chi connectivity index (χ0n) is 5.21. The van der Waals surface area contributed by atoms with Crippen LogP contribution in [0.15, 0.2) is 0 Å². The molecular weight excluding hydrogens is 143 g/mol. The van der Waals surface area contributed by atoms with E-state index in [-0.39, 0.29) is 13.2 Å². The van der Waals surface area contributed by atoms with Crippen LogP contribution in [0.2, 0.25) is 0 Å². The summed E-state index contributed by atoms with van der Waals surface area (Å²) in [5.41, 5.74) is 0. The number of cyclic esters (lactones) is 2. The first kappa shape index (κ1) is 7.27. The Morgan fingerprint density at radius 2 is 2.60 bits per heavy atom. The van der Waals surface area contributed by atoms with Gasteiger partial charge in [0.25, 0.3) is 0 Å². The molecule has 1 atom stereocenters. The lowest BCUT2D eigenvalue weighted by Crippen LogP contribution is -2.16. The molecule has 0 radical (unpaired) electrons. The maximum absolute atomic E-state index is 11.4. The Balaban J connectivity index is 2.12. The van der Waals surface area contributed by atoms with Crippen LogP contribution in [0, 0.1) is 0 Å². The third-order valence-corrected chi connectivity index (χ3v) is 0.946. The minimum atomic E-state index is -0.760. The molecule has 5 heteroatoms. The smallest absolute Gasteiger partial charge is 0.428 e. The summed E-state index contributed by atoms with van der Waals surface area (Å²) in [7, 11) is 0. The fraction of sp³-hybridized carbons (Fsp3) is 0.800. The van der Waals surface area contributed by atoms with Gasteiger partial charge in [-0.2, -0.15) is 0 Å². The molecule has 1 aliphatic heterocycles. The maximum Gasteiger partial charge on any atom is 0.510 e. The lowest BCUT2D eigenvalue weighted by atomic mass is 10.7. The fourth-order valence-corrected chi connectivity index (χ4v) is 0.570. The number of carbonyl (C=O) groups excluding carboxylic acids is 1. The van der Waals surface area contributed by atoms with Gasteiger partial charge in [-0.05, 0) is 0 Å². The molecule has 1 fully saturated rings. The van der Waals surface area contributed by atoms with Crippen molar-refractivity contribution in [2.45, 2.75) is 6.29 Å². The summed E-state index contributed by atoms with van der Waals surface area (Å²) in [6.07, 6.45) is -1.48. The number of halogens is 1. The molecule has 0 spiro atoms. The van der Waals surface area contributed by atoms with Crippen LogP contribution in [-0.4, -0.2) is 32.3 Å². The van der Waals surface area contributed by atoms with Crippen molar-refractivity contribution in [3.8, 4) is 0 Å². The van der Waals surface area contributed by atoms with Gasteiger partial charge in [-0.15, -0.1) is 0 Å². The number of ether oxygens (including phenoxy) is 3. The van der Waals surface area contributed by atoms with Gasteiger partial charge in [0.2, 0.25) is 6.29 Å². The highest BCUT2D eigenvalue weighted by Crippen LogP contribution is 2.06. The van der Waals surface area contributed by atoms with E-state index in [2.05, 4.69) is 14.2 Å². The van der Waals surface area contributed by atoms with E-state index in [0.717, 1.165) is 0 Å². The van der Waals surface area contributed by atoms with Crippen molar-refractivity contribution in [2.24, 2.45) is 0 Å². The van der Waals surface area contributed by atoms with Crippen molar-refractivity contribution in [2.75, 3.05) is 19.9 Å². The van der Waals surface area contributed by atoms with Crippen LogP contribution in [-0.2, 0) is 14.2 Å². The van der Waals surface area contributed by atoms with E-state index in [1.165, 1.54) is 0 Å². The molecule has 0 aromatic carbocycles. The quantitative estimate of drug-likeness (QED) is 0.548. The molecule has 1 rings (SSSR count). The molecule has 0 amide bonds. The lowest BCUT2D eigenvalue weighted by molar-refractivity contribution is -0.0801. The highest BCUT2D eigenvalue weighted by molar-refractivity contribution is 5.61. The second-order valence-electron chi connectivity index (χ2n) is 1.67. The standard InChI is InChI=1S/C5H7FO4/c6-1-2-8-4-3-9-5(7)10-4/h4H,1-3H2. The third-order valence-electron chi connectivity index (χ3n) is 0.946. The average Bonchev–Trinajstić information content (AvgIpc) is 2.31. The van der Waals surface area contributed by atoms with Crippen molar-refractivity contribution in [3.05, 3.63) is 0 Å². The van der Waals surface area contributed by atoms with Crippen LogP contribution in [0.25, 0.3) is 0 Å². The van der Waals surface area contributed by atoms with Gasteiger partial charge in [0.05, 0.1) is 6.61 Å². The van der Waals surface area contributed by atoms with Crippen molar-refractivity contribution < 1.29 is 23.4 Å². The molecule has 1 unspecified atom stereocenters. The van der Waals surface area contributed by atoms with Gasteiger partial charge < -0.3 is 14.2 Å². The Bertz CT molecular complexity index is 127. The van der Waals surface area contributed by atoms with Crippen LogP contribution < -0.4 is 0 Å². The first-order chi connectivity index (χ1) is 4.83. The number of hydrogen-bond donors (Lipinski definition) is 0. The summed E-state index contributed by atoms with van der Waals surface area (Å²) in [6, 6.07) is 0. The summed E-state index contributed by atoms with van der Waals surface area (Å²) < 4.78 is 24.9. The van der Waals surface area contributed by atoms with Gasteiger partial charge in [0, 0.05) is 0 Å². The molecule has 1 saturated heterocycles. The number of hydrogen-bond acceptors (Lipinski definition) is 4. The average molecular weight is 150 g/mol. The van der Waals surface area contributed by atoms with Crippen LogP contribution in [0.3, 0.4) is 0 Å². The first-order valence-corrected chi connectivity index (χ1v) is 2.84. The van der Waals surface area contributed by atoms with Gasteiger partial charge in [-0.25, -0.2) is 9.18 Å². The molecule has 0 aliphatic carbocycles. The highest BCUT2D eigenvalue weighted by atomic mass is 19.1. The minimum Gasteiger partial charge on any atom is -0.428 e. The largest absolute Gasteiger partial charge is 0.510 e. The van der Waals surface area contributed by atoms with E-state index >= 15 is 0 Å². The van der Waals surface area contributed by atoms with E-state index < -0.39 is 19.1 Å². The summed E-state index contributed by atoms with van der Waals surface area (Å²) in [4.78, 5) is 10.2. The van der Waals surface area contributed by atoms with Crippen LogP contribution >= 0.6 is 0 Å². The SMILES string of the molecule is O=C1OCC(OCCF)O1. The monoisotopic (exact) mass is 150 g/mol. The third kappa shape index (κ3) is 1.84. The Hall–Kier alpha value is -0.840. The summed E-state index contributed by atoms with van der Waals surface area (Å²) in [5.74, 6) is 0. The first-order valence-electron chi connectivity index (χ1n) is 2.84. The van der Waals surface area contributed by atoms with Crippen molar-refractivity contribution in [3.63, 3.8) is 0 Å². The molecule has 4 nitrogen and oxygen atoms in total. The van der Waals surface area contributed by atoms with Crippen LogP contribution in [0.1, 0.15) is 0 Å². The zero-order valence-corrected chi connectivity index (χ0v) is 5.21. The van der Waals surface area contributed by atoms with Gasteiger partial charge in [0.1, 0.15) is 6.67 Å². The Morgan fingerprint density at radius 3 is 3.10 bits per heavy atom. The minimum absolute atomic E-state index is 0.0544. The molecule has 0 saturated carbocycles. The number of alkyl halides is 1. The predicted octanol–water partition coefficient (Wildman–Crippen LogP) is 0.465. The molecule has 0 aromatic heterocycles. The topological polar surface area (TPSA) is 44.8 Å². The maximum atomic E-state index is 11.4. The summed E-state index contributed by atoms with van der Waals surface area (Å²) in [6.45, 7) is -0.603.